The average molecular weight is 1130 g/mol. The van der Waals surface area contributed by atoms with Gasteiger partial charge in [-0.2, -0.15) is 9.97 Å². The van der Waals surface area contributed by atoms with E-state index in [1.165, 1.54) is 24.5 Å². The van der Waals surface area contributed by atoms with E-state index < -0.39 is 14.3 Å². The lowest BCUT2D eigenvalue weighted by Gasteiger charge is -2.53. The number of nitrogens with zero attached hydrogens (tertiary/aromatic N) is 9. The number of nitrogens with one attached hydrogen (secondary N) is 5. The summed E-state index contributed by atoms with van der Waals surface area (Å²) >= 11 is 12.7. The molecule has 77 heavy (non-hydrogen) atoms. The first-order chi connectivity index (χ1) is 36.7. The number of hydrogen-bond donors (Lipinski definition) is 6. The summed E-state index contributed by atoms with van der Waals surface area (Å²) in [5.74, 6) is 1.11. The van der Waals surface area contributed by atoms with Crippen LogP contribution >= 0.6 is 37.5 Å². The van der Waals surface area contributed by atoms with E-state index in [0.717, 1.165) is 85.2 Å². The molecular weight excluding hydrogens is 1070 g/mol. The molecule has 0 atom stereocenters. The van der Waals surface area contributed by atoms with E-state index in [-0.39, 0.29) is 43.2 Å². The van der Waals surface area contributed by atoms with Gasteiger partial charge in [-0.25, -0.2) is 9.97 Å². The molecule has 4 aromatic carbocycles. The SMILES string of the molecule is CN1CC2(CCN(c3ccc(Nc4ncc(Cl)c(Nc5ccccc5P(C)(C)=O)n4)cc3[N+](=O)[O-])CC2)C1.CO.CP(C)(=O)c1ccccc1Nc1nc(Nc2ccc(N3CCC4(CC3)CNC4)c([N+](=O)[O-])c2)ncc1Cl. The molecule has 6 aromatic rings. The number of nitro groups is 2. The van der Waals surface area contributed by atoms with Gasteiger partial charge in [-0.3, -0.25) is 20.2 Å². The Labute approximate surface area is 457 Å². The maximum absolute atomic E-state index is 12.7. The van der Waals surface area contributed by atoms with Crippen LogP contribution in [0.3, 0.4) is 0 Å². The van der Waals surface area contributed by atoms with E-state index in [9.17, 15) is 29.4 Å². The molecule has 0 saturated carbocycles. The number of para-hydroxylation sites is 2. The lowest BCUT2D eigenvalue weighted by atomic mass is 9.72. The Morgan fingerprint density at radius 1 is 0.610 bits per heavy atom. The van der Waals surface area contributed by atoms with E-state index in [0.29, 0.717) is 67.2 Å². The smallest absolute Gasteiger partial charge is 0.294 e. The number of aliphatic hydroxyl groups excluding tert-OH is 1. The van der Waals surface area contributed by atoms with Gasteiger partial charge in [-0.15, -0.1) is 0 Å². The van der Waals surface area contributed by atoms with Crippen LogP contribution in [0.25, 0.3) is 0 Å². The van der Waals surface area contributed by atoms with Crippen molar-refractivity contribution in [1.82, 2.24) is 30.2 Å². The second-order valence-corrected chi connectivity index (χ2v) is 27.9. The van der Waals surface area contributed by atoms with Crippen molar-refractivity contribution in [3.8, 4) is 0 Å². The Hall–Kier alpha value is -6.44. The molecule has 4 saturated heterocycles. The predicted octanol–water partition coefficient (Wildman–Crippen LogP) is 9.88. The van der Waals surface area contributed by atoms with Crippen LogP contribution in [-0.4, -0.2) is 133 Å². The van der Waals surface area contributed by atoms with Gasteiger partial charge in [0, 0.05) is 93.6 Å². The van der Waals surface area contributed by atoms with Crippen molar-refractivity contribution in [3.63, 3.8) is 0 Å². The van der Waals surface area contributed by atoms with Gasteiger partial charge in [0.05, 0.1) is 33.6 Å². The topological polar surface area (TPSA) is 262 Å². The summed E-state index contributed by atoms with van der Waals surface area (Å²) in [6.45, 7) is 14.3. The monoisotopic (exact) mass is 1130 g/mol. The number of aliphatic hydroxyl groups is 1. The molecule has 408 valence electrons. The summed E-state index contributed by atoms with van der Waals surface area (Å²) in [7, 11) is -1.97. The molecule has 6 heterocycles. The molecule has 2 spiro atoms. The molecule has 0 unspecified atom stereocenters. The van der Waals surface area contributed by atoms with Crippen molar-refractivity contribution in [1.29, 1.82) is 0 Å². The Kier molecular flexibility index (Phi) is 17.4. The van der Waals surface area contributed by atoms with Crippen LogP contribution in [0.2, 0.25) is 10.0 Å². The minimum absolute atomic E-state index is 0.0376. The Morgan fingerprint density at radius 2 is 1.00 bits per heavy atom. The summed E-state index contributed by atoms with van der Waals surface area (Å²) < 4.78 is 25.5. The molecule has 2 aromatic heterocycles. The van der Waals surface area contributed by atoms with Crippen molar-refractivity contribution in [3.05, 3.63) is 128 Å². The van der Waals surface area contributed by atoms with Crippen molar-refractivity contribution in [2.24, 2.45) is 10.8 Å². The fraction of sp³-hybridized carbons (Fsp3) is 0.385. The maximum atomic E-state index is 12.7. The number of piperidine rings is 2. The molecule has 21 nitrogen and oxygen atoms in total. The third-order valence-corrected chi connectivity index (χ3v) is 18.0. The van der Waals surface area contributed by atoms with Gasteiger partial charge in [-0.1, -0.05) is 47.5 Å². The quantitative estimate of drug-likeness (QED) is 0.0337. The first-order valence-corrected chi connectivity index (χ1v) is 31.0. The largest absolute Gasteiger partial charge is 0.400 e. The summed E-state index contributed by atoms with van der Waals surface area (Å²) in [5, 5.41) is 48.6. The molecule has 4 aliphatic heterocycles. The van der Waals surface area contributed by atoms with Gasteiger partial charge < -0.3 is 55.5 Å². The maximum Gasteiger partial charge on any atom is 0.294 e. The zero-order valence-electron chi connectivity index (χ0n) is 43.8. The standard InChI is InChI=1S/C26H31ClN7O3P.C25H29ClN7O3P.CH4O/c1-32-16-26(17-32)10-12-33(13-11-26)21-9-8-18(14-22(21)34(35)36)29-25-28-15-19(27)24(31-25)30-20-6-4-5-7-23(20)38(2,3)37;1-37(2,36)22-6-4-3-5-19(22)30-23-18(26)14-28-24(31-23)29-17-7-8-20(21(13-17)33(34)35)32-11-9-25(10-12-32)15-27-16-25;1-2/h4-9,14-15H,10-13,16-17H2,1-3H3,(H2,28,29,30,31);3-8,13-14,27H,9-12,15-16H2,1-2H3,(H2,28,29,30,31);2H,1H3. The van der Waals surface area contributed by atoms with Crippen molar-refractivity contribution in [2.45, 2.75) is 25.7 Å². The summed E-state index contributed by atoms with van der Waals surface area (Å²) in [4.78, 5) is 47.2. The summed E-state index contributed by atoms with van der Waals surface area (Å²) in [6.07, 6.45) is 7.03. The van der Waals surface area contributed by atoms with Crippen LogP contribution in [0.5, 0.6) is 0 Å². The van der Waals surface area contributed by atoms with Crippen molar-refractivity contribution in [2.75, 3.05) is 124 Å². The number of halogens is 2. The highest BCUT2D eigenvalue weighted by molar-refractivity contribution is 7.70. The fourth-order valence-electron chi connectivity index (χ4n) is 10.4. The van der Waals surface area contributed by atoms with Crippen LogP contribution < -0.4 is 47.0 Å². The molecule has 6 N–H and O–H groups in total. The summed E-state index contributed by atoms with van der Waals surface area (Å²) in [5.41, 5.74) is 4.32. The molecule has 4 fully saturated rings. The van der Waals surface area contributed by atoms with Gasteiger partial charge in [0.2, 0.25) is 11.9 Å². The van der Waals surface area contributed by atoms with Crippen molar-refractivity contribution >= 4 is 117 Å². The lowest BCUT2D eigenvalue weighted by molar-refractivity contribution is -0.384. The molecule has 0 amide bonds. The van der Waals surface area contributed by atoms with Gasteiger partial charge in [0.15, 0.2) is 11.6 Å². The van der Waals surface area contributed by atoms with Crippen LogP contribution in [0.15, 0.2) is 97.3 Å². The molecule has 0 bridgehead atoms. The molecule has 0 aliphatic carbocycles. The first kappa shape index (κ1) is 56.8. The highest BCUT2D eigenvalue weighted by Gasteiger charge is 2.44. The number of hydrogen-bond acceptors (Lipinski definition) is 19. The second kappa shape index (κ2) is 23.7. The van der Waals surface area contributed by atoms with E-state index in [1.807, 2.05) is 48.5 Å². The van der Waals surface area contributed by atoms with Gasteiger partial charge in [-0.05, 0) is 119 Å². The number of rotatable bonds is 14. The summed E-state index contributed by atoms with van der Waals surface area (Å²) in [6, 6.07) is 24.8. The number of benzene rings is 4. The van der Waals surface area contributed by atoms with Gasteiger partial charge in [0.25, 0.3) is 11.4 Å². The highest BCUT2D eigenvalue weighted by atomic mass is 35.5. The Morgan fingerprint density at radius 3 is 1.35 bits per heavy atom. The van der Waals surface area contributed by atoms with E-state index in [1.54, 1.807) is 50.9 Å². The van der Waals surface area contributed by atoms with Crippen LogP contribution in [0.1, 0.15) is 25.7 Å². The number of nitro benzene ring substituents is 2. The van der Waals surface area contributed by atoms with E-state index in [2.05, 4.69) is 68.3 Å². The zero-order valence-corrected chi connectivity index (χ0v) is 47.1. The number of anilines is 10. The number of likely N-dealkylation sites (tertiary alicyclic amines) is 1. The third kappa shape index (κ3) is 13.5. The minimum Gasteiger partial charge on any atom is -0.400 e. The second-order valence-electron chi connectivity index (χ2n) is 20.7. The molecule has 4 aliphatic rings. The Bertz CT molecular complexity index is 3230. The van der Waals surface area contributed by atoms with Gasteiger partial charge >= 0.3 is 0 Å². The average Bonchev–Trinajstić information content (AvgIpc) is 3.38. The first-order valence-electron chi connectivity index (χ1n) is 25.0. The minimum atomic E-state index is -2.55. The van der Waals surface area contributed by atoms with E-state index in [4.69, 9.17) is 28.3 Å². The van der Waals surface area contributed by atoms with Crippen molar-refractivity contribution < 1.29 is 24.1 Å². The molecule has 0 radical (unpaired) electrons. The zero-order chi connectivity index (χ0) is 55.3. The fourth-order valence-corrected chi connectivity index (χ4v) is 12.9. The van der Waals surface area contributed by atoms with E-state index >= 15 is 0 Å². The van der Waals surface area contributed by atoms with Crippen LogP contribution in [0.4, 0.5) is 69.0 Å². The van der Waals surface area contributed by atoms with Crippen LogP contribution in [-0.2, 0) is 9.13 Å². The predicted molar refractivity (Wildman–Crippen MR) is 311 cm³/mol. The molecular formula is C52H64Cl2N14O7P2. The lowest BCUT2D eigenvalue weighted by Crippen LogP contribution is -2.58. The normalized spacial score (nSPS) is 16.6. The number of aromatic nitrogens is 4. The molecule has 25 heteroatoms. The Balaban J connectivity index is 0.000000197. The highest BCUT2D eigenvalue weighted by Crippen LogP contribution is 2.44. The third-order valence-electron chi connectivity index (χ3n) is 14.4. The van der Waals surface area contributed by atoms with Crippen LogP contribution in [0, 0.1) is 31.1 Å². The molecule has 10 rings (SSSR count). The van der Waals surface area contributed by atoms with Gasteiger partial charge in [0.1, 0.15) is 35.7 Å².